The van der Waals surface area contributed by atoms with E-state index < -0.39 is 0 Å². The molecule has 3 heterocycles. The molecule has 0 spiro atoms. The van der Waals surface area contributed by atoms with Crippen molar-refractivity contribution < 1.29 is 9.53 Å². The zero-order chi connectivity index (χ0) is 17.1. The van der Waals surface area contributed by atoms with E-state index >= 15 is 0 Å². The Kier molecular flexibility index (Phi) is 4.96. The topological polar surface area (TPSA) is 70.6 Å². The van der Waals surface area contributed by atoms with E-state index in [2.05, 4.69) is 15.3 Å². The van der Waals surface area contributed by atoms with Crippen molar-refractivity contribution in [1.82, 2.24) is 14.9 Å². The molecule has 0 bridgehead atoms. The largest absolute Gasteiger partial charge is 0.368 e. The average molecular weight is 347 g/mol. The van der Waals surface area contributed by atoms with E-state index in [0.717, 1.165) is 16.9 Å². The highest BCUT2D eigenvalue weighted by Crippen LogP contribution is 2.24. The molecule has 128 valence electrons. The molecule has 0 saturated carbocycles. The van der Waals surface area contributed by atoms with Gasteiger partial charge in [-0.15, -0.1) is 11.3 Å². The number of morpholine rings is 1. The average Bonchev–Trinajstić information content (AvgIpc) is 3.00. The first-order valence-electron chi connectivity index (χ1n) is 7.75. The van der Waals surface area contributed by atoms with Crippen LogP contribution in [0.2, 0.25) is 0 Å². The lowest BCUT2D eigenvalue weighted by atomic mass is 10.2. The van der Waals surface area contributed by atoms with Gasteiger partial charge in [0, 0.05) is 32.2 Å². The minimum absolute atomic E-state index is 0.105. The van der Waals surface area contributed by atoms with E-state index in [1.54, 1.807) is 22.4 Å². The number of carbonyl (C=O) groups is 1. The quantitative estimate of drug-likeness (QED) is 0.924. The Bertz CT molecular complexity index is 718. The van der Waals surface area contributed by atoms with Crippen LogP contribution in [0.5, 0.6) is 0 Å². The molecule has 7 nitrogen and oxygen atoms in total. The number of carbonyl (C=O) groups excluding carboxylic acids is 1. The SMILES string of the molecule is Cc1cscc1NC(=O)N1CCO[C@H](c2ccnc(N(C)C)n2)C1. The van der Waals surface area contributed by atoms with Gasteiger partial charge in [0.05, 0.1) is 24.5 Å². The molecule has 2 aromatic rings. The summed E-state index contributed by atoms with van der Waals surface area (Å²) in [5, 5.41) is 6.92. The lowest BCUT2D eigenvalue weighted by Gasteiger charge is -2.32. The van der Waals surface area contributed by atoms with Gasteiger partial charge >= 0.3 is 6.03 Å². The first-order valence-corrected chi connectivity index (χ1v) is 8.69. The van der Waals surface area contributed by atoms with Crippen molar-refractivity contribution in [2.75, 3.05) is 44.0 Å². The van der Waals surface area contributed by atoms with Gasteiger partial charge < -0.3 is 19.9 Å². The molecule has 1 N–H and O–H groups in total. The van der Waals surface area contributed by atoms with Crippen LogP contribution in [0.15, 0.2) is 23.0 Å². The summed E-state index contributed by atoms with van der Waals surface area (Å²) in [4.78, 5) is 24.8. The second kappa shape index (κ2) is 7.14. The van der Waals surface area contributed by atoms with Crippen LogP contribution in [0, 0.1) is 6.92 Å². The maximum Gasteiger partial charge on any atom is 0.322 e. The van der Waals surface area contributed by atoms with Crippen LogP contribution in [-0.2, 0) is 4.74 Å². The molecule has 0 unspecified atom stereocenters. The number of rotatable bonds is 3. The molecule has 3 rings (SSSR count). The second-order valence-corrected chi connectivity index (χ2v) is 6.62. The van der Waals surface area contributed by atoms with Gasteiger partial charge in [-0.25, -0.2) is 14.8 Å². The highest BCUT2D eigenvalue weighted by atomic mass is 32.1. The fraction of sp³-hybridized carbons (Fsp3) is 0.438. The number of hydrogen-bond acceptors (Lipinski definition) is 6. The molecule has 2 aromatic heterocycles. The molecule has 1 atom stereocenters. The third-order valence-corrected chi connectivity index (χ3v) is 4.71. The minimum Gasteiger partial charge on any atom is -0.368 e. The summed E-state index contributed by atoms with van der Waals surface area (Å²) >= 11 is 1.58. The van der Waals surface area contributed by atoms with Crippen LogP contribution in [0.4, 0.5) is 16.4 Å². The van der Waals surface area contributed by atoms with Gasteiger partial charge in [0.1, 0.15) is 6.10 Å². The summed E-state index contributed by atoms with van der Waals surface area (Å²) in [7, 11) is 3.79. The third kappa shape index (κ3) is 3.65. The number of ether oxygens (including phenoxy) is 1. The second-order valence-electron chi connectivity index (χ2n) is 5.88. The summed E-state index contributed by atoms with van der Waals surface area (Å²) in [6.07, 6.45) is 1.48. The van der Waals surface area contributed by atoms with Crippen LogP contribution in [0.25, 0.3) is 0 Å². The fourth-order valence-corrected chi connectivity index (χ4v) is 3.23. The van der Waals surface area contributed by atoms with Crippen molar-refractivity contribution in [3.05, 3.63) is 34.3 Å². The van der Waals surface area contributed by atoms with Crippen molar-refractivity contribution >= 4 is 29.0 Å². The Morgan fingerprint density at radius 2 is 2.29 bits per heavy atom. The van der Waals surface area contributed by atoms with Crippen molar-refractivity contribution in [3.63, 3.8) is 0 Å². The Hall–Kier alpha value is -2.19. The highest BCUT2D eigenvalue weighted by Gasteiger charge is 2.27. The van der Waals surface area contributed by atoms with Crippen LogP contribution in [0.1, 0.15) is 17.4 Å². The molecule has 8 heteroatoms. The number of urea groups is 1. The number of aromatic nitrogens is 2. The summed E-state index contributed by atoms with van der Waals surface area (Å²) in [6.45, 7) is 3.51. The predicted octanol–water partition coefficient (Wildman–Crippen LogP) is 2.52. The summed E-state index contributed by atoms with van der Waals surface area (Å²) in [5.74, 6) is 0.631. The Morgan fingerprint density at radius 3 is 3.00 bits per heavy atom. The Morgan fingerprint density at radius 1 is 1.46 bits per heavy atom. The van der Waals surface area contributed by atoms with Gasteiger partial charge in [0.2, 0.25) is 5.95 Å². The normalized spacial score (nSPS) is 17.6. The van der Waals surface area contributed by atoms with Gasteiger partial charge in [-0.3, -0.25) is 0 Å². The lowest BCUT2D eigenvalue weighted by molar-refractivity contribution is -0.0157. The molecule has 1 aliphatic rings. The van der Waals surface area contributed by atoms with Gasteiger partial charge in [0.25, 0.3) is 0 Å². The molecule has 2 amide bonds. The monoisotopic (exact) mass is 347 g/mol. The van der Waals surface area contributed by atoms with E-state index in [9.17, 15) is 4.79 Å². The van der Waals surface area contributed by atoms with E-state index in [1.165, 1.54) is 0 Å². The van der Waals surface area contributed by atoms with Gasteiger partial charge in [-0.1, -0.05) is 0 Å². The number of anilines is 2. The predicted molar refractivity (Wildman–Crippen MR) is 94.7 cm³/mol. The molecule has 0 aromatic carbocycles. The molecule has 1 aliphatic heterocycles. The molecule has 24 heavy (non-hydrogen) atoms. The van der Waals surface area contributed by atoms with Crippen LogP contribution >= 0.6 is 11.3 Å². The summed E-state index contributed by atoms with van der Waals surface area (Å²) < 4.78 is 5.81. The summed E-state index contributed by atoms with van der Waals surface area (Å²) in [6, 6.07) is 1.73. The van der Waals surface area contributed by atoms with Gasteiger partial charge in [0.15, 0.2) is 0 Å². The maximum atomic E-state index is 12.5. The number of aryl methyl sites for hydroxylation is 1. The zero-order valence-electron chi connectivity index (χ0n) is 14.0. The van der Waals surface area contributed by atoms with Gasteiger partial charge in [-0.2, -0.15) is 0 Å². The number of nitrogens with zero attached hydrogens (tertiary/aromatic N) is 4. The minimum atomic E-state index is -0.241. The summed E-state index contributed by atoms with van der Waals surface area (Å²) in [5.41, 5.74) is 2.73. The Labute approximate surface area is 145 Å². The highest BCUT2D eigenvalue weighted by molar-refractivity contribution is 7.08. The van der Waals surface area contributed by atoms with Crippen molar-refractivity contribution in [2.24, 2.45) is 0 Å². The van der Waals surface area contributed by atoms with Crippen molar-refractivity contribution in [1.29, 1.82) is 0 Å². The molecule has 0 radical (unpaired) electrons. The standard InChI is InChI=1S/C16H21N5O2S/c1-11-9-24-10-13(11)19-16(22)21-6-7-23-14(8-21)12-4-5-17-15(18-12)20(2)3/h4-5,9-10,14H,6-8H2,1-3H3,(H,19,22)/t14-/m0/s1. The van der Waals surface area contributed by atoms with E-state index in [1.807, 2.05) is 42.7 Å². The Balaban J connectivity index is 1.69. The molecule has 0 aliphatic carbocycles. The number of thiophene rings is 1. The van der Waals surface area contributed by atoms with E-state index in [-0.39, 0.29) is 12.1 Å². The molecule has 1 saturated heterocycles. The van der Waals surface area contributed by atoms with E-state index in [0.29, 0.717) is 25.6 Å². The van der Waals surface area contributed by atoms with Crippen LogP contribution < -0.4 is 10.2 Å². The first kappa shape index (κ1) is 16.7. The van der Waals surface area contributed by atoms with Crippen molar-refractivity contribution in [2.45, 2.75) is 13.0 Å². The first-order chi connectivity index (χ1) is 11.5. The lowest BCUT2D eigenvalue weighted by Crippen LogP contribution is -2.44. The van der Waals surface area contributed by atoms with Crippen LogP contribution in [-0.4, -0.2) is 54.7 Å². The van der Waals surface area contributed by atoms with Crippen LogP contribution in [0.3, 0.4) is 0 Å². The van der Waals surface area contributed by atoms with Gasteiger partial charge in [-0.05, 0) is 23.9 Å². The molecule has 1 fully saturated rings. The smallest absolute Gasteiger partial charge is 0.322 e. The molecular formula is C16H21N5O2S. The third-order valence-electron chi connectivity index (χ3n) is 3.85. The number of amides is 2. The zero-order valence-corrected chi connectivity index (χ0v) is 14.8. The number of hydrogen-bond donors (Lipinski definition) is 1. The maximum absolute atomic E-state index is 12.5. The fourth-order valence-electron chi connectivity index (χ4n) is 2.45. The van der Waals surface area contributed by atoms with E-state index in [4.69, 9.17) is 4.74 Å². The number of nitrogens with one attached hydrogen (secondary N) is 1. The van der Waals surface area contributed by atoms with Crippen molar-refractivity contribution in [3.8, 4) is 0 Å². The molecular weight excluding hydrogens is 326 g/mol.